The van der Waals surface area contributed by atoms with E-state index in [4.69, 9.17) is 5.73 Å². The number of hydrogen-bond acceptors (Lipinski definition) is 7. The maximum Gasteiger partial charge on any atom is 0.240 e. The molecule has 0 saturated heterocycles. The molecule has 25 heavy (non-hydrogen) atoms. The van der Waals surface area contributed by atoms with Gasteiger partial charge in [-0.25, -0.2) is 18.1 Å². The highest BCUT2D eigenvalue weighted by atomic mass is 32.2. The number of rotatable bonds is 6. The summed E-state index contributed by atoms with van der Waals surface area (Å²) in [6, 6.07) is 4.81. The van der Waals surface area contributed by atoms with E-state index in [-0.39, 0.29) is 10.8 Å². The molecule has 2 aromatic rings. The Morgan fingerprint density at radius 1 is 1.36 bits per heavy atom. The zero-order valence-electron chi connectivity index (χ0n) is 13.3. The van der Waals surface area contributed by atoms with Crippen molar-refractivity contribution in [3.63, 3.8) is 0 Å². The van der Waals surface area contributed by atoms with Gasteiger partial charge in [-0.15, -0.1) is 23.1 Å². The maximum atomic E-state index is 12.4. The maximum absolute atomic E-state index is 12.4. The van der Waals surface area contributed by atoms with E-state index < -0.39 is 10.0 Å². The van der Waals surface area contributed by atoms with E-state index in [0.717, 1.165) is 10.6 Å². The molecule has 0 atom stereocenters. The first-order chi connectivity index (χ1) is 11.9. The summed E-state index contributed by atoms with van der Waals surface area (Å²) in [4.78, 5) is 16.8. The Balaban J connectivity index is 1.62. The highest BCUT2D eigenvalue weighted by Gasteiger charge is 2.19. The van der Waals surface area contributed by atoms with Crippen molar-refractivity contribution in [2.75, 3.05) is 23.3 Å². The van der Waals surface area contributed by atoms with Gasteiger partial charge in [0.15, 0.2) is 5.13 Å². The molecule has 1 aliphatic rings. The average molecular weight is 399 g/mol. The molecule has 134 valence electrons. The van der Waals surface area contributed by atoms with E-state index in [0.29, 0.717) is 42.4 Å². The van der Waals surface area contributed by atoms with Gasteiger partial charge in [0.05, 0.1) is 16.3 Å². The number of aryl methyl sites for hydroxylation is 1. The minimum absolute atomic E-state index is 0.101. The SMILES string of the molecule is Nc1nc(CCCNS(=O)(=O)c2ccc3c(c2)NC(=O)CCS3)cs1. The Morgan fingerprint density at radius 2 is 2.20 bits per heavy atom. The van der Waals surface area contributed by atoms with Gasteiger partial charge in [-0.2, -0.15) is 0 Å². The van der Waals surface area contributed by atoms with Gasteiger partial charge in [0, 0.05) is 29.0 Å². The summed E-state index contributed by atoms with van der Waals surface area (Å²) in [6.07, 6.45) is 1.70. The molecule has 0 saturated carbocycles. The largest absolute Gasteiger partial charge is 0.375 e. The third-order valence-corrected chi connectivity index (χ3v) is 6.85. The van der Waals surface area contributed by atoms with Crippen LogP contribution in [0.3, 0.4) is 0 Å². The van der Waals surface area contributed by atoms with Gasteiger partial charge < -0.3 is 11.1 Å². The van der Waals surface area contributed by atoms with Crippen LogP contribution in [0.2, 0.25) is 0 Å². The number of fused-ring (bicyclic) bond motifs is 1. The van der Waals surface area contributed by atoms with Crippen LogP contribution in [-0.2, 0) is 21.2 Å². The minimum atomic E-state index is -3.63. The molecular formula is C15H18N4O3S3. The summed E-state index contributed by atoms with van der Waals surface area (Å²) in [5, 5.41) is 5.14. The molecule has 7 nitrogen and oxygen atoms in total. The zero-order chi connectivity index (χ0) is 17.9. The lowest BCUT2D eigenvalue weighted by atomic mass is 10.2. The molecule has 0 bridgehead atoms. The first-order valence-electron chi connectivity index (χ1n) is 7.70. The predicted octanol–water partition coefficient (Wildman–Crippen LogP) is 2.07. The van der Waals surface area contributed by atoms with E-state index in [9.17, 15) is 13.2 Å². The lowest BCUT2D eigenvalue weighted by molar-refractivity contribution is -0.115. The fourth-order valence-electron chi connectivity index (χ4n) is 2.36. The lowest BCUT2D eigenvalue weighted by Crippen LogP contribution is -2.25. The summed E-state index contributed by atoms with van der Waals surface area (Å²) < 4.78 is 27.5. The normalized spacial score (nSPS) is 14.6. The summed E-state index contributed by atoms with van der Waals surface area (Å²) in [7, 11) is -3.63. The standard InChI is InChI=1S/C15H18N4O3S3/c16-15-18-10(9-24-15)2-1-6-17-25(21,22)11-3-4-13-12(8-11)19-14(20)5-7-23-13/h3-4,8-9,17H,1-2,5-7H2,(H2,16,18)(H,19,20). The Kier molecular flexibility index (Phi) is 5.62. The number of anilines is 2. The van der Waals surface area contributed by atoms with Crippen molar-refractivity contribution in [3.8, 4) is 0 Å². The molecule has 3 rings (SSSR count). The number of nitrogens with zero attached hydrogens (tertiary/aromatic N) is 1. The molecule has 10 heteroatoms. The number of nitrogen functional groups attached to an aromatic ring is 1. The molecule has 1 amide bonds. The molecule has 1 aliphatic heterocycles. The molecule has 0 spiro atoms. The number of amides is 1. The zero-order valence-corrected chi connectivity index (χ0v) is 15.8. The number of aromatic nitrogens is 1. The molecule has 2 heterocycles. The van der Waals surface area contributed by atoms with Crippen LogP contribution in [0, 0.1) is 0 Å². The molecule has 0 fully saturated rings. The third-order valence-electron chi connectivity index (χ3n) is 3.59. The number of carbonyl (C=O) groups is 1. The second-order valence-corrected chi connectivity index (χ2v) is 9.28. The molecular weight excluding hydrogens is 380 g/mol. The average Bonchev–Trinajstić information content (AvgIpc) is 2.88. The second-order valence-electron chi connectivity index (χ2n) is 5.48. The van der Waals surface area contributed by atoms with E-state index >= 15 is 0 Å². The molecule has 1 aromatic heterocycles. The topological polar surface area (TPSA) is 114 Å². The molecule has 4 N–H and O–H groups in total. The highest BCUT2D eigenvalue weighted by molar-refractivity contribution is 7.99. The lowest BCUT2D eigenvalue weighted by Gasteiger charge is -2.10. The Hall–Kier alpha value is -1.62. The van der Waals surface area contributed by atoms with Gasteiger partial charge in [0.1, 0.15) is 0 Å². The Morgan fingerprint density at radius 3 is 2.96 bits per heavy atom. The van der Waals surface area contributed by atoms with Gasteiger partial charge in [0.2, 0.25) is 15.9 Å². The monoisotopic (exact) mass is 398 g/mol. The highest BCUT2D eigenvalue weighted by Crippen LogP contribution is 2.32. The van der Waals surface area contributed by atoms with Crippen LogP contribution in [0.4, 0.5) is 10.8 Å². The number of sulfonamides is 1. The van der Waals surface area contributed by atoms with E-state index in [1.165, 1.54) is 29.2 Å². The smallest absolute Gasteiger partial charge is 0.240 e. The number of thiazole rings is 1. The van der Waals surface area contributed by atoms with E-state index in [1.54, 1.807) is 12.1 Å². The number of benzene rings is 1. The van der Waals surface area contributed by atoms with Gasteiger partial charge in [-0.05, 0) is 31.0 Å². The number of nitrogens with one attached hydrogen (secondary N) is 2. The van der Waals surface area contributed by atoms with Gasteiger partial charge in [-0.3, -0.25) is 4.79 Å². The summed E-state index contributed by atoms with van der Waals surface area (Å²) in [6.45, 7) is 0.304. The van der Waals surface area contributed by atoms with Crippen LogP contribution < -0.4 is 15.8 Å². The number of carbonyl (C=O) groups excluding carboxylic acids is 1. The Labute approximate surface area is 154 Å². The van der Waals surface area contributed by atoms with Crippen LogP contribution in [-0.4, -0.2) is 31.6 Å². The first kappa shape index (κ1) is 18.2. The van der Waals surface area contributed by atoms with Crippen LogP contribution >= 0.6 is 23.1 Å². The van der Waals surface area contributed by atoms with Crippen LogP contribution in [0.15, 0.2) is 33.4 Å². The quantitative estimate of drug-likeness (QED) is 0.642. The number of thioether (sulfide) groups is 1. The van der Waals surface area contributed by atoms with Crippen molar-refractivity contribution >= 4 is 49.8 Å². The molecule has 1 aromatic carbocycles. The summed E-state index contributed by atoms with van der Waals surface area (Å²) in [5.74, 6) is 0.584. The molecule has 0 radical (unpaired) electrons. The third kappa shape index (κ3) is 4.72. The van der Waals surface area contributed by atoms with Crippen molar-refractivity contribution in [2.45, 2.75) is 29.1 Å². The van der Waals surface area contributed by atoms with Crippen molar-refractivity contribution in [3.05, 3.63) is 29.3 Å². The minimum Gasteiger partial charge on any atom is -0.375 e. The number of hydrogen-bond donors (Lipinski definition) is 3. The fraction of sp³-hybridized carbons (Fsp3) is 0.333. The van der Waals surface area contributed by atoms with Crippen LogP contribution in [0.25, 0.3) is 0 Å². The van der Waals surface area contributed by atoms with Crippen molar-refractivity contribution in [1.29, 1.82) is 0 Å². The van der Waals surface area contributed by atoms with Crippen molar-refractivity contribution in [1.82, 2.24) is 9.71 Å². The number of nitrogens with two attached hydrogens (primary N) is 1. The molecule has 0 aliphatic carbocycles. The predicted molar refractivity (Wildman–Crippen MR) is 100 cm³/mol. The van der Waals surface area contributed by atoms with Crippen LogP contribution in [0.1, 0.15) is 18.5 Å². The second kappa shape index (κ2) is 7.73. The van der Waals surface area contributed by atoms with E-state index in [1.807, 2.05) is 5.38 Å². The van der Waals surface area contributed by atoms with Crippen LogP contribution in [0.5, 0.6) is 0 Å². The van der Waals surface area contributed by atoms with E-state index in [2.05, 4.69) is 15.0 Å². The van der Waals surface area contributed by atoms with Gasteiger partial charge >= 0.3 is 0 Å². The first-order valence-corrected chi connectivity index (χ1v) is 11.1. The summed E-state index contributed by atoms with van der Waals surface area (Å²) >= 11 is 2.91. The van der Waals surface area contributed by atoms with Crippen molar-refractivity contribution < 1.29 is 13.2 Å². The fourth-order valence-corrected chi connectivity index (χ4v) is 5.00. The summed E-state index contributed by atoms with van der Waals surface area (Å²) in [5.41, 5.74) is 6.99. The Bertz CT molecular complexity index is 880. The van der Waals surface area contributed by atoms with Gasteiger partial charge in [0.25, 0.3) is 0 Å². The molecule has 0 unspecified atom stereocenters. The van der Waals surface area contributed by atoms with Crippen molar-refractivity contribution in [2.24, 2.45) is 0 Å². The van der Waals surface area contributed by atoms with Gasteiger partial charge in [-0.1, -0.05) is 0 Å².